The van der Waals surface area contributed by atoms with Crippen LogP contribution in [0.1, 0.15) is 18.5 Å². The molecule has 70 valence electrons. The molecule has 0 amide bonds. The van der Waals surface area contributed by atoms with E-state index in [0.29, 0.717) is 6.61 Å². The van der Waals surface area contributed by atoms with Gasteiger partial charge in [-0.2, -0.15) is 0 Å². The van der Waals surface area contributed by atoms with Gasteiger partial charge in [-0.3, -0.25) is 10.3 Å². The molecule has 1 fully saturated rings. The van der Waals surface area contributed by atoms with Crippen molar-refractivity contribution < 1.29 is 4.74 Å². The van der Waals surface area contributed by atoms with Crippen LogP contribution in [0, 0.1) is 0 Å². The molecule has 0 aliphatic carbocycles. The molecule has 2 rings (SSSR count). The zero-order valence-electron chi connectivity index (χ0n) is 7.57. The molecule has 0 saturated carbocycles. The van der Waals surface area contributed by atoms with Crippen LogP contribution >= 0.6 is 0 Å². The predicted octanol–water partition coefficient (Wildman–Crippen LogP) is 1.31. The maximum atomic E-state index is 5.62. The van der Waals surface area contributed by atoms with Gasteiger partial charge >= 0.3 is 0 Å². The fourth-order valence-electron chi connectivity index (χ4n) is 1.46. The number of ether oxygens (including phenoxy) is 1. The number of hydrogen-bond donors (Lipinski definition) is 1. The molecule has 0 aromatic carbocycles. The summed E-state index contributed by atoms with van der Waals surface area (Å²) in [4.78, 5) is 4.19. The first kappa shape index (κ1) is 8.66. The summed E-state index contributed by atoms with van der Waals surface area (Å²) in [6, 6.07) is 5.88. The second-order valence-electron chi connectivity index (χ2n) is 3.22. The minimum absolute atomic E-state index is 0.238. The van der Waals surface area contributed by atoms with E-state index in [0.717, 1.165) is 18.7 Å². The number of pyridine rings is 1. The number of nitrogens with one attached hydrogen (secondary N) is 1. The molecule has 1 atom stereocenters. The summed E-state index contributed by atoms with van der Waals surface area (Å²) in [5, 5.41) is 3.28. The lowest BCUT2D eigenvalue weighted by molar-refractivity contribution is 0.0293. The van der Waals surface area contributed by atoms with E-state index in [1.54, 1.807) is 6.20 Å². The van der Waals surface area contributed by atoms with Crippen LogP contribution < -0.4 is 5.32 Å². The van der Waals surface area contributed by atoms with E-state index in [9.17, 15) is 0 Å². The summed E-state index contributed by atoms with van der Waals surface area (Å²) in [6.07, 6.45) is 4.36. The van der Waals surface area contributed by atoms with E-state index in [1.807, 2.05) is 18.2 Å². The van der Waals surface area contributed by atoms with Crippen LogP contribution in [-0.4, -0.2) is 17.8 Å². The van der Waals surface area contributed by atoms with Gasteiger partial charge < -0.3 is 4.74 Å². The van der Waals surface area contributed by atoms with Gasteiger partial charge in [0.1, 0.15) is 6.23 Å². The fourth-order valence-corrected chi connectivity index (χ4v) is 1.46. The van der Waals surface area contributed by atoms with Gasteiger partial charge in [0.05, 0.1) is 12.3 Å². The van der Waals surface area contributed by atoms with Crippen molar-refractivity contribution in [2.24, 2.45) is 0 Å². The Morgan fingerprint density at radius 2 is 2.54 bits per heavy atom. The third kappa shape index (κ3) is 2.50. The third-order valence-electron chi connectivity index (χ3n) is 2.17. The van der Waals surface area contributed by atoms with E-state index >= 15 is 0 Å². The number of rotatable bonds is 3. The summed E-state index contributed by atoms with van der Waals surface area (Å²) in [5.41, 5.74) is 0.996. The summed E-state index contributed by atoms with van der Waals surface area (Å²) in [5.74, 6) is 0. The quantitative estimate of drug-likeness (QED) is 0.757. The topological polar surface area (TPSA) is 34.1 Å². The van der Waals surface area contributed by atoms with Crippen molar-refractivity contribution in [1.29, 1.82) is 0 Å². The first-order valence-corrected chi connectivity index (χ1v) is 4.70. The Morgan fingerprint density at radius 3 is 3.23 bits per heavy atom. The minimum Gasteiger partial charge on any atom is -0.357 e. The molecule has 1 aromatic heterocycles. The SMILES string of the molecule is c1ccc(CO[C@@H]2CCCN2)nc1. The van der Waals surface area contributed by atoms with Crippen LogP contribution in [0.3, 0.4) is 0 Å². The molecule has 1 aliphatic rings. The average Bonchev–Trinajstić information content (AvgIpc) is 2.69. The van der Waals surface area contributed by atoms with Crippen LogP contribution in [-0.2, 0) is 11.3 Å². The monoisotopic (exact) mass is 178 g/mol. The maximum Gasteiger partial charge on any atom is 0.108 e. The molecule has 1 N–H and O–H groups in total. The minimum atomic E-state index is 0.238. The molecule has 3 heteroatoms. The van der Waals surface area contributed by atoms with Crippen LogP contribution in [0.4, 0.5) is 0 Å². The Hall–Kier alpha value is -0.930. The lowest BCUT2D eigenvalue weighted by Gasteiger charge is -2.10. The Balaban J connectivity index is 1.79. The van der Waals surface area contributed by atoms with Crippen molar-refractivity contribution in [3.8, 4) is 0 Å². The summed E-state index contributed by atoms with van der Waals surface area (Å²) < 4.78 is 5.62. The lowest BCUT2D eigenvalue weighted by atomic mass is 10.3. The molecule has 1 saturated heterocycles. The van der Waals surface area contributed by atoms with E-state index in [2.05, 4.69) is 10.3 Å². The Bertz CT molecular complexity index is 244. The van der Waals surface area contributed by atoms with Crippen LogP contribution in [0.5, 0.6) is 0 Å². The normalized spacial score (nSPS) is 22.0. The molecule has 0 bridgehead atoms. The lowest BCUT2D eigenvalue weighted by Crippen LogP contribution is -2.24. The second kappa shape index (κ2) is 4.35. The molecule has 13 heavy (non-hydrogen) atoms. The predicted molar refractivity (Wildman–Crippen MR) is 50.1 cm³/mol. The first-order chi connectivity index (χ1) is 6.45. The van der Waals surface area contributed by atoms with Crippen molar-refractivity contribution in [3.05, 3.63) is 30.1 Å². The van der Waals surface area contributed by atoms with E-state index in [-0.39, 0.29) is 6.23 Å². The molecule has 3 nitrogen and oxygen atoms in total. The Morgan fingerprint density at radius 1 is 1.54 bits per heavy atom. The van der Waals surface area contributed by atoms with Crippen molar-refractivity contribution in [1.82, 2.24) is 10.3 Å². The fraction of sp³-hybridized carbons (Fsp3) is 0.500. The molecule has 1 aromatic rings. The van der Waals surface area contributed by atoms with Gasteiger partial charge in [0, 0.05) is 6.20 Å². The summed E-state index contributed by atoms with van der Waals surface area (Å²) >= 11 is 0. The molecule has 2 heterocycles. The van der Waals surface area contributed by atoms with Gasteiger partial charge in [0.25, 0.3) is 0 Å². The standard InChI is InChI=1S/C10H14N2O/c1-2-6-11-9(4-1)8-13-10-5-3-7-12-10/h1-2,4,6,10,12H,3,5,7-8H2/t10-/m1/s1. The van der Waals surface area contributed by atoms with Crippen molar-refractivity contribution in [2.75, 3.05) is 6.54 Å². The smallest absolute Gasteiger partial charge is 0.108 e. The van der Waals surface area contributed by atoms with Crippen LogP contribution in [0.2, 0.25) is 0 Å². The van der Waals surface area contributed by atoms with Gasteiger partial charge in [-0.15, -0.1) is 0 Å². The van der Waals surface area contributed by atoms with E-state index < -0.39 is 0 Å². The molecular weight excluding hydrogens is 164 g/mol. The molecule has 0 spiro atoms. The largest absolute Gasteiger partial charge is 0.357 e. The highest BCUT2D eigenvalue weighted by Crippen LogP contribution is 2.08. The highest BCUT2D eigenvalue weighted by molar-refractivity contribution is 5.01. The van der Waals surface area contributed by atoms with Gasteiger partial charge in [-0.1, -0.05) is 6.07 Å². The highest BCUT2D eigenvalue weighted by Gasteiger charge is 2.13. The van der Waals surface area contributed by atoms with Crippen molar-refractivity contribution in [3.63, 3.8) is 0 Å². The molecule has 1 aliphatic heterocycles. The Labute approximate surface area is 78.1 Å². The molecule has 0 unspecified atom stereocenters. The number of nitrogens with zero attached hydrogens (tertiary/aromatic N) is 1. The average molecular weight is 178 g/mol. The number of aromatic nitrogens is 1. The van der Waals surface area contributed by atoms with Gasteiger partial charge in [-0.25, -0.2) is 0 Å². The third-order valence-corrected chi connectivity index (χ3v) is 2.17. The highest BCUT2D eigenvalue weighted by atomic mass is 16.5. The Kier molecular flexibility index (Phi) is 2.90. The van der Waals surface area contributed by atoms with Gasteiger partial charge in [0.15, 0.2) is 0 Å². The first-order valence-electron chi connectivity index (χ1n) is 4.70. The zero-order valence-corrected chi connectivity index (χ0v) is 7.57. The number of hydrogen-bond acceptors (Lipinski definition) is 3. The molecular formula is C10H14N2O. The van der Waals surface area contributed by atoms with E-state index in [4.69, 9.17) is 4.74 Å². The van der Waals surface area contributed by atoms with E-state index in [1.165, 1.54) is 6.42 Å². The van der Waals surface area contributed by atoms with Crippen LogP contribution in [0.15, 0.2) is 24.4 Å². The summed E-state index contributed by atoms with van der Waals surface area (Å²) in [7, 11) is 0. The van der Waals surface area contributed by atoms with Gasteiger partial charge in [-0.05, 0) is 31.5 Å². The van der Waals surface area contributed by atoms with Crippen molar-refractivity contribution >= 4 is 0 Å². The second-order valence-corrected chi connectivity index (χ2v) is 3.22. The summed E-state index contributed by atoms with van der Waals surface area (Å²) in [6.45, 7) is 1.69. The maximum absolute atomic E-state index is 5.62. The van der Waals surface area contributed by atoms with Crippen LogP contribution in [0.25, 0.3) is 0 Å². The van der Waals surface area contributed by atoms with Gasteiger partial charge in [0.2, 0.25) is 0 Å². The zero-order chi connectivity index (χ0) is 8.93. The van der Waals surface area contributed by atoms with Crippen molar-refractivity contribution in [2.45, 2.75) is 25.7 Å². The molecule has 0 radical (unpaired) electrons.